The first-order chi connectivity index (χ1) is 9.54. The van der Waals surface area contributed by atoms with Crippen molar-refractivity contribution < 1.29 is 4.39 Å². The Morgan fingerprint density at radius 3 is 2.35 bits per heavy atom. The predicted octanol–water partition coefficient (Wildman–Crippen LogP) is 5.14. The summed E-state index contributed by atoms with van der Waals surface area (Å²) in [5.74, 6) is -0.228. The fourth-order valence-electron chi connectivity index (χ4n) is 2.17. The van der Waals surface area contributed by atoms with Gasteiger partial charge in [-0.05, 0) is 42.8 Å². The van der Waals surface area contributed by atoms with Crippen LogP contribution < -0.4 is 5.32 Å². The van der Waals surface area contributed by atoms with Crippen LogP contribution in [0.1, 0.15) is 29.7 Å². The second-order valence-corrected chi connectivity index (χ2v) is 5.45. The van der Waals surface area contributed by atoms with E-state index in [0.717, 1.165) is 17.7 Å². The largest absolute Gasteiger partial charge is 0.306 e. The Labute approximate surface area is 128 Å². The topological polar surface area (TPSA) is 12.0 Å². The lowest BCUT2D eigenvalue weighted by molar-refractivity contribution is 0.597. The molecule has 0 aliphatic rings. The zero-order chi connectivity index (χ0) is 14.7. The van der Waals surface area contributed by atoms with Crippen molar-refractivity contribution in [3.63, 3.8) is 0 Å². The van der Waals surface area contributed by atoms with E-state index in [1.54, 1.807) is 31.2 Å². The summed E-state index contributed by atoms with van der Waals surface area (Å²) in [4.78, 5) is 0. The van der Waals surface area contributed by atoms with Crippen LogP contribution in [0.3, 0.4) is 0 Å². The van der Waals surface area contributed by atoms with Crippen LogP contribution in [0.15, 0.2) is 36.4 Å². The van der Waals surface area contributed by atoms with Crippen molar-refractivity contribution in [1.82, 2.24) is 5.32 Å². The monoisotopic (exact) mass is 311 g/mol. The maximum absolute atomic E-state index is 13.8. The quantitative estimate of drug-likeness (QED) is 0.824. The van der Waals surface area contributed by atoms with Gasteiger partial charge in [0, 0.05) is 15.6 Å². The Morgan fingerprint density at radius 2 is 1.80 bits per heavy atom. The minimum absolute atomic E-state index is 0.226. The maximum Gasteiger partial charge on any atom is 0.126 e. The highest BCUT2D eigenvalue weighted by Gasteiger charge is 2.19. The molecule has 106 valence electrons. The van der Waals surface area contributed by atoms with Gasteiger partial charge in [0.1, 0.15) is 5.82 Å². The minimum Gasteiger partial charge on any atom is -0.306 e. The van der Waals surface area contributed by atoms with E-state index < -0.39 is 0 Å². The van der Waals surface area contributed by atoms with Crippen molar-refractivity contribution in [2.24, 2.45) is 0 Å². The molecule has 20 heavy (non-hydrogen) atoms. The van der Waals surface area contributed by atoms with Gasteiger partial charge < -0.3 is 5.32 Å². The van der Waals surface area contributed by atoms with Crippen LogP contribution in [-0.2, 0) is 0 Å². The van der Waals surface area contributed by atoms with Gasteiger partial charge in [-0.1, -0.05) is 48.3 Å². The summed E-state index contributed by atoms with van der Waals surface area (Å²) in [5.41, 5.74) is 2.21. The Bertz CT molecular complexity index is 593. The molecule has 0 heterocycles. The van der Waals surface area contributed by atoms with Crippen LogP contribution in [0.4, 0.5) is 4.39 Å². The van der Waals surface area contributed by atoms with Crippen molar-refractivity contribution in [3.05, 3.63) is 69.0 Å². The molecule has 1 N–H and O–H groups in total. The molecular weight excluding hydrogens is 296 g/mol. The molecule has 0 radical (unpaired) electrons. The molecule has 0 aromatic heterocycles. The van der Waals surface area contributed by atoms with Crippen molar-refractivity contribution in [2.45, 2.75) is 19.9 Å². The van der Waals surface area contributed by atoms with Gasteiger partial charge in [-0.2, -0.15) is 0 Å². The molecule has 1 nitrogen and oxygen atoms in total. The Kier molecular flexibility index (Phi) is 5.03. The van der Waals surface area contributed by atoms with Crippen LogP contribution in [0.25, 0.3) is 0 Å². The number of rotatable bonds is 4. The molecule has 0 fully saturated rings. The van der Waals surface area contributed by atoms with Crippen LogP contribution >= 0.6 is 23.2 Å². The zero-order valence-electron chi connectivity index (χ0n) is 11.4. The number of benzene rings is 2. The van der Waals surface area contributed by atoms with Crippen molar-refractivity contribution in [1.29, 1.82) is 0 Å². The van der Waals surface area contributed by atoms with Gasteiger partial charge in [-0.25, -0.2) is 4.39 Å². The van der Waals surface area contributed by atoms with E-state index >= 15 is 0 Å². The van der Waals surface area contributed by atoms with Gasteiger partial charge >= 0.3 is 0 Å². The molecule has 4 heteroatoms. The van der Waals surface area contributed by atoms with Gasteiger partial charge in [0.2, 0.25) is 0 Å². The van der Waals surface area contributed by atoms with E-state index in [-0.39, 0.29) is 11.9 Å². The van der Waals surface area contributed by atoms with E-state index in [9.17, 15) is 4.39 Å². The van der Waals surface area contributed by atoms with Crippen molar-refractivity contribution in [2.75, 3.05) is 6.54 Å². The van der Waals surface area contributed by atoms with Gasteiger partial charge in [0.25, 0.3) is 0 Å². The average molecular weight is 312 g/mol. The molecule has 0 aliphatic heterocycles. The minimum atomic E-state index is -0.228. The second kappa shape index (κ2) is 6.57. The number of hydrogen-bond acceptors (Lipinski definition) is 1. The van der Waals surface area contributed by atoms with E-state index in [2.05, 4.69) is 5.32 Å². The SMILES string of the molecule is CCNC(c1ccc(C)c(F)c1)c1c(Cl)cccc1Cl. The highest BCUT2D eigenvalue weighted by atomic mass is 35.5. The van der Waals surface area contributed by atoms with Crippen molar-refractivity contribution in [3.8, 4) is 0 Å². The molecule has 0 saturated carbocycles. The molecule has 0 spiro atoms. The van der Waals surface area contributed by atoms with Crippen molar-refractivity contribution >= 4 is 23.2 Å². The highest BCUT2D eigenvalue weighted by molar-refractivity contribution is 6.36. The smallest absolute Gasteiger partial charge is 0.126 e. The van der Waals surface area contributed by atoms with Gasteiger partial charge in [-0.3, -0.25) is 0 Å². The van der Waals surface area contributed by atoms with Crippen LogP contribution in [-0.4, -0.2) is 6.54 Å². The third kappa shape index (κ3) is 3.14. The molecule has 2 aromatic rings. The first-order valence-electron chi connectivity index (χ1n) is 6.48. The molecule has 2 rings (SSSR count). The van der Waals surface area contributed by atoms with Gasteiger partial charge in [0.05, 0.1) is 6.04 Å². The number of halogens is 3. The van der Waals surface area contributed by atoms with E-state index in [4.69, 9.17) is 23.2 Å². The summed E-state index contributed by atoms with van der Waals surface area (Å²) in [6.07, 6.45) is 0. The van der Waals surface area contributed by atoms with Crippen LogP contribution in [0.2, 0.25) is 10.0 Å². The molecule has 0 saturated heterocycles. The fourth-order valence-corrected chi connectivity index (χ4v) is 2.78. The van der Waals surface area contributed by atoms with Crippen LogP contribution in [0.5, 0.6) is 0 Å². The standard InChI is InChI=1S/C16H16Cl2FN/c1-3-20-16(11-8-7-10(2)14(19)9-11)15-12(17)5-4-6-13(15)18/h4-9,16,20H,3H2,1-2H3. The maximum atomic E-state index is 13.8. The lowest BCUT2D eigenvalue weighted by atomic mass is 9.97. The fraction of sp³-hybridized carbons (Fsp3) is 0.250. The van der Waals surface area contributed by atoms with Crippen LogP contribution in [0, 0.1) is 12.7 Å². The molecule has 1 unspecified atom stereocenters. The third-order valence-electron chi connectivity index (χ3n) is 3.23. The molecule has 2 aromatic carbocycles. The lowest BCUT2D eigenvalue weighted by Crippen LogP contribution is -2.23. The van der Waals surface area contributed by atoms with E-state index in [0.29, 0.717) is 15.6 Å². The number of nitrogens with one attached hydrogen (secondary N) is 1. The second-order valence-electron chi connectivity index (χ2n) is 4.63. The third-order valence-corrected chi connectivity index (χ3v) is 3.89. The Hall–Kier alpha value is -1.09. The Balaban J connectivity index is 2.53. The normalized spacial score (nSPS) is 12.4. The zero-order valence-corrected chi connectivity index (χ0v) is 12.9. The van der Waals surface area contributed by atoms with Gasteiger partial charge in [0.15, 0.2) is 0 Å². The van der Waals surface area contributed by atoms with Gasteiger partial charge in [-0.15, -0.1) is 0 Å². The summed E-state index contributed by atoms with van der Waals surface area (Å²) >= 11 is 12.5. The summed E-state index contributed by atoms with van der Waals surface area (Å²) in [6.45, 7) is 4.45. The molecule has 0 amide bonds. The Morgan fingerprint density at radius 1 is 1.15 bits per heavy atom. The summed E-state index contributed by atoms with van der Waals surface area (Å²) in [5, 5.41) is 4.46. The number of aryl methyl sites for hydroxylation is 1. The average Bonchev–Trinajstić information content (AvgIpc) is 2.41. The first kappa shape index (κ1) is 15.3. The first-order valence-corrected chi connectivity index (χ1v) is 7.23. The molecule has 0 bridgehead atoms. The highest BCUT2D eigenvalue weighted by Crippen LogP contribution is 2.34. The lowest BCUT2D eigenvalue weighted by Gasteiger charge is -2.21. The van der Waals surface area contributed by atoms with E-state index in [1.165, 1.54) is 6.07 Å². The summed E-state index contributed by atoms with van der Waals surface area (Å²) in [6, 6.07) is 10.3. The summed E-state index contributed by atoms with van der Waals surface area (Å²) < 4.78 is 13.8. The molecular formula is C16H16Cl2FN. The molecule has 0 aliphatic carbocycles. The summed E-state index contributed by atoms with van der Waals surface area (Å²) in [7, 11) is 0. The van der Waals surface area contributed by atoms with E-state index in [1.807, 2.05) is 13.0 Å². The predicted molar refractivity (Wildman–Crippen MR) is 83.1 cm³/mol. The number of hydrogen-bond donors (Lipinski definition) is 1. The molecule has 1 atom stereocenters.